The van der Waals surface area contributed by atoms with Gasteiger partial charge < -0.3 is 4.90 Å². The fourth-order valence-electron chi connectivity index (χ4n) is 3.65. The summed E-state index contributed by atoms with van der Waals surface area (Å²) in [5.74, 6) is 0.252. The van der Waals surface area contributed by atoms with Gasteiger partial charge in [0.05, 0.1) is 12.2 Å². The van der Waals surface area contributed by atoms with Crippen LogP contribution in [0.3, 0.4) is 0 Å². The van der Waals surface area contributed by atoms with Crippen LogP contribution in [0.25, 0.3) is 0 Å². The number of hydrogen-bond acceptors (Lipinski definition) is 3. The van der Waals surface area contributed by atoms with Crippen LogP contribution in [0.5, 0.6) is 0 Å². The van der Waals surface area contributed by atoms with Crippen LogP contribution >= 0.6 is 0 Å². The molecule has 0 radical (unpaired) electrons. The van der Waals surface area contributed by atoms with Gasteiger partial charge in [0.25, 0.3) is 0 Å². The lowest BCUT2D eigenvalue weighted by Crippen LogP contribution is -2.45. The van der Waals surface area contributed by atoms with E-state index in [1.807, 2.05) is 18.0 Å². The van der Waals surface area contributed by atoms with Gasteiger partial charge in [-0.25, -0.2) is 0 Å². The van der Waals surface area contributed by atoms with Crippen molar-refractivity contribution in [1.82, 2.24) is 20.0 Å². The van der Waals surface area contributed by atoms with Gasteiger partial charge in [0.15, 0.2) is 0 Å². The first-order chi connectivity index (χ1) is 10.2. The molecule has 0 bridgehead atoms. The van der Waals surface area contributed by atoms with E-state index in [1.54, 1.807) is 0 Å². The van der Waals surface area contributed by atoms with Crippen molar-refractivity contribution in [3.63, 3.8) is 0 Å². The first-order valence-corrected chi connectivity index (χ1v) is 8.30. The maximum atomic E-state index is 12.4. The predicted octanol–water partition coefficient (Wildman–Crippen LogP) is 1.88. The minimum Gasteiger partial charge on any atom is -0.341 e. The zero-order valence-corrected chi connectivity index (χ0v) is 13.1. The summed E-state index contributed by atoms with van der Waals surface area (Å²) >= 11 is 0. The van der Waals surface area contributed by atoms with E-state index >= 15 is 0 Å². The lowest BCUT2D eigenvalue weighted by Gasteiger charge is -2.29. The van der Waals surface area contributed by atoms with Crippen molar-refractivity contribution in [1.29, 1.82) is 0 Å². The lowest BCUT2D eigenvalue weighted by atomic mass is 9.92. The summed E-state index contributed by atoms with van der Waals surface area (Å²) in [7, 11) is 0. The van der Waals surface area contributed by atoms with Gasteiger partial charge >= 0.3 is 0 Å². The summed E-state index contributed by atoms with van der Waals surface area (Å²) in [6.45, 7) is 6.90. The molecule has 1 aromatic rings. The van der Waals surface area contributed by atoms with Gasteiger partial charge in [-0.1, -0.05) is 0 Å². The molecule has 1 N–H and O–H groups in total. The number of carbonyl (C=O) groups is 1. The quantitative estimate of drug-likeness (QED) is 0.921. The van der Waals surface area contributed by atoms with Crippen LogP contribution in [0, 0.1) is 0 Å². The third-order valence-corrected chi connectivity index (χ3v) is 4.80. The number of aromatic nitrogens is 2. The molecule has 0 aromatic carbocycles. The van der Waals surface area contributed by atoms with Gasteiger partial charge in [0.1, 0.15) is 0 Å². The van der Waals surface area contributed by atoms with Crippen molar-refractivity contribution in [2.24, 2.45) is 0 Å². The summed E-state index contributed by atoms with van der Waals surface area (Å²) in [5, 5.41) is 8.02. The van der Waals surface area contributed by atoms with E-state index in [0.717, 1.165) is 45.3 Å². The van der Waals surface area contributed by atoms with Crippen LogP contribution in [0.4, 0.5) is 0 Å². The van der Waals surface area contributed by atoms with E-state index in [0.29, 0.717) is 0 Å². The summed E-state index contributed by atoms with van der Waals surface area (Å²) in [4.78, 5) is 14.4. The summed E-state index contributed by atoms with van der Waals surface area (Å²) in [5.41, 5.74) is 2.64. The van der Waals surface area contributed by atoms with Gasteiger partial charge in [0.2, 0.25) is 5.91 Å². The molecule has 1 amide bonds. The Labute approximate surface area is 126 Å². The zero-order valence-electron chi connectivity index (χ0n) is 13.1. The highest BCUT2D eigenvalue weighted by atomic mass is 16.2. The van der Waals surface area contributed by atoms with Crippen molar-refractivity contribution in [2.45, 2.75) is 64.6 Å². The van der Waals surface area contributed by atoms with E-state index in [9.17, 15) is 4.79 Å². The Morgan fingerprint density at radius 2 is 2.19 bits per heavy atom. The Morgan fingerprint density at radius 3 is 2.90 bits per heavy atom. The standard InChI is InChI=1S/C16H26N4O/c1-3-20-15-8-6-7-14(13(15)11-17-20)18-12(2)16(21)19-9-4-5-10-19/h11-12,14,18H,3-10H2,1-2H3/t12-,14+/m1/s1. The van der Waals surface area contributed by atoms with Gasteiger partial charge in [-0.2, -0.15) is 5.10 Å². The second kappa shape index (κ2) is 6.18. The first-order valence-electron chi connectivity index (χ1n) is 8.30. The highest BCUT2D eigenvalue weighted by Crippen LogP contribution is 2.30. The molecule has 5 heteroatoms. The second-order valence-electron chi connectivity index (χ2n) is 6.23. The Hall–Kier alpha value is -1.36. The van der Waals surface area contributed by atoms with Crippen LogP contribution in [-0.2, 0) is 17.8 Å². The number of nitrogens with one attached hydrogen (secondary N) is 1. The largest absolute Gasteiger partial charge is 0.341 e. The minimum absolute atomic E-state index is 0.107. The number of hydrogen-bond donors (Lipinski definition) is 1. The molecule has 2 atom stereocenters. The van der Waals surface area contributed by atoms with Crippen molar-refractivity contribution in [3.05, 3.63) is 17.5 Å². The first kappa shape index (κ1) is 14.6. The zero-order chi connectivity index (χ0) is 14.8. The van der Waals surface area contributed by atoms with Crippen LogP contribution in [0.15, 0.2) is 6.20 Å². The maximum absolute atomic E-state index is 12.4. The van der Waals surface area contributed by atoms with E-state index in [1.165, 1.54) is 17.7 Å². The Morgan fingerprint density at radius 1 is 1.43 bits per heavy atom. The number of rotatable bonds is 4. The molecule has 21 heavy (non-hydrogen) atoms. The lowest BCUT2D eigenvalue weighted by molar-refractivity contribution is -0.132. The van der Waals surface area contributed by atoms with Gasteiger partial charge in [0, 0.05) is 36.9 Å². The maximum Gasteiger partial charge on any atom is 0.239 e. The third kappa shape index (κ3) is 2.84. The summed E-state index contributed by atoms with van der Waals surface area (Å²) < 4.78 is 2.09. The van der Waals surface area contributed by atoms with E-state index in [4.69, 9.17) is 0 Å². The normalized spacial score (nSPS) is 23.1. The summed E-state index contributed by atoms with van der Waals surface area (Å²) in [6.07, 6.45) is 7.66. The van der Waals surface area contributed by atoms with E-state index < -0.39 is 0 Å². The topological polar surface area (TPSA) is 50.2 Å². The van der Waals surface area contributed by atoms with Crippen molar-refractivity contribution >= 4 is 5.91 Å². The van der Waals surface area contributed by atoms with E-state index in [2.05, 4.69) is 22.0 Å². The third-order valence-electron chi connectivity index (χ3n) is 4.80. The number of carbonyl (C=O) groups excluding carboxylic acids is 1. The fourth-order valence-corrected chi connectivity index (χ4v) is 3.65. The van der Waals surface area contributed by atoms with Gasteiger partial charge in [-0.15, -0.1) is 0 Å². The molecule has 1 aliphatic heterocycles. The minimum atomic E-state index is -0.107. The van der Waals surface area contributed by atoms with Gasteiger partial charge in [-0.05, 0) is 46.0 Å². The molecule has 2 heterocycles. The molecule has 1 aliphatic carbocycles. The van der Waals surface area contributed by atoms with Crippen LogP contribution in [-0.4, -0.2) is 39.7 Å². The fraction of sp³-hybridized carbons (Fsp3) is 0.750. The highest BCUT2D eigenvalue weighted by molar-refractivity contribution is 5.81. The molecular weight excluding hydrogens is 264 g/mol. The average molecular weight is 290 g/mol. The second-order valence-corrected chi connectivity index (χ2v) is 6.23. The number of likely N-dealkylation sites (tertiary alicyclic amines) is 1. The number of aryl methyl sites for hydroxylation is 1. The number of fused-ring (bicyclic) bond motifs is 1. The molecule has 0 saturated carbocycles. The number of amides is 1. The summed E-state index contributed by atoms with van der Waals surface area (Å²) in [6, 6.07) is 0.166. The molecule has 1 saturated heterocycles. The van der Waals surface area contributed by atoms with Crippen molar-refractivity contribution in [3.8, 4) is 0 Å². The van der Waals surface area contributed by atoms with Crippen LogP contribution < -0.4 is 5.32 Å². The average Bonchev–Trinajstić information content (AvgIpc) is 3.16. The Kier molecular flexibility index (Phi) is 4.29. The molecule has 1 aromatic heterocycles. The Bertz CT molecular complexity index is 504. The molecule has 5 nitrogen and oxygen atoms in total. The van der Waals surface area contributed by atoms with E-state index in [-0.39, 0.29) is 18.0 Å². The monoisotopic (exact) mass is 290 g/mol. The smallest absolute Gasteiger partial charge is 0.239 e. The predicted molar refractivity (Wildman–Crippen MR) is 82.0 cm³/mol. The van der Waals surface area contributed by atoms with Crippen LogP contribution in [0.2, 0.25) is 0 Å². The molecule has 3 rings (SSSR count). The number of nitrogens with zero attached hydrogens (tertiary/aromatic N) is 3. The van der Waals surface area contributed by atoms with Crippen molar-refractivity contribution < 1.29 is 4.79 Å². The van der Waals surface area contributed by atoms with Crippen LogP contribution in [0.1, 0.15) is 56.8 Å². The SMILES string of the molecule is CCn1ncc2c1CCC[C@@H]2N[C@H](C)C(=O)N1CCCC1. The molecule has 1 fully saturated rings. The molecule has 0 unspecified atom stereocenters. The molecule has 0 spiro atoms. The Balaban J connectivity index is 1.68. The van der Waals surface area contributed by atoms with Crippen molar-refractivity contribution in [2.75, 3.05) is 13.1 Å². The molecule has 2 aliphatic rings. The molecular formula is C16H26N4O. The highest BCUT2D eigenvalue weighted by Gasteiger charge is 2.29. The molecule has 116 valence electrons. The van der Waals surface area contributed by atoms with Gasteiger partial charge in [-0.3, -0.25) is 14.8 Å².